The third-order valence-electron chi connectivity index (χ3n) is 3.67. The molecule has 0 radical (unpaired) electrons. The van der Waals surface area contributed by atoms with Gasteiger partial charge in [0.2, 0.25) is 5.91 Å². The van der Waals surface area contributed by atoms with Crippen molar-refractivity contribution in [2.75, 3.05) is 27.2 Å². The Morgan fingerprint density at radius 1 is 1.53 bits per heavy atom. The number of piperidine rings is 1. The molecule has 0 saturated carbocycles. The van der Waals surface area contributed by atoms with Crippen LogP contribution < -0.4 is 15.4 Å². The lowest BCUT2D eigenvalue weighted by Gasteiger charge is -2.38. The zero-order chi connectivity index (χ0) is 13.9. The number of halogens is 1. The molecule has 2 N–H and O–H groups in total. The highest BCUT2D eigenvalue weighted by Crippen LogP contribution is 2.39. The first-order valence-electron chi connectivity index (χ1n) is 6.36. The van der Waals surface area contributed by atoms with Crippen molar-refractivity contribution in [3.8, 4) is 5.75 Å². The summed E-state index contributed by atoms with van der Waals surface area (Å²) < 4.78 is 18.9. The molecule has 1 aromatic carbocycles. The zero-order valence-corrected chi connectivity index (χ0v) is 11.3. The fraction of sp³-hybridized carbons (Fsp3) is 0.500. The van der Waals surface area contributed by atoms with Crippen LogP contribution in [0.3, 0.4) is 0 Å². The van der Waals surface area contributed by atoms with E-state index in [4.69, 9.17) is 4.74 Å². The second-order valence-corrected chi connectivity index (χ2v) is 4.93. The number of methoxy groups -OCH3 is 1. The van der Waals surface area contributed by atoms with Gasteiger partial charge in [0.15, 0.2) is 0 Å². The Kier molecular flexibility index (Phi) is 4.04. The highest BCUT2D eigenvalue weighted by molar-refractivity contribution is 5.79. The van der Waals surface area contributed by atoms with E-state index in [9.17, 15) is 9.18 Å². The van der Waals surface area contributed by atoms with E-state index in [1.165, 1.54) is 12.1 Å². The molecule has 0 bridgehead atoms. The van der Waals surface area contributed by atoms with Gasteiger partial charge in [-0.15, -0.1) is 0 Å². The van der Waals surface area contributed by atoms with Crippen LogP contribution in [0.15, 0.2) is 18.2 Å². The second kappa shape index (κ2) is 5.57. The van der Waals surface area contributed by atoms with E-state index in [0.717, 1.165) is 12.0 Å². The van der Waals surface area contributed by atoms with Gasteiger partial charge in [0.25, 0.3) is 0 Å². The van der Waals surface area contributed by atoms with Crippen LogP contribution in [0, 0.1) is 5.82 Å². The largest absolute Gasteiger partial charge is 0.496 e. The number of benzene rings is 1. The van der Waals surface area contributed by atoms with Crippen LogP contribution in [0.5, 0.6) is 5.75 Å². The summed E-state index contributed by atoms with van der Waals surface area (Å²) in [4.78, 5) is 11.7. The average Bonchev–Trinajstić information content (AvgIpc) is 2.39. The number of likely N-dealkylation sites (N-methyl/N-ethyl adjacent to an activating group) is 1. The van der Waals surface area contributed by atoms with Gasteiger partial charge >= 0.3 is 0 Å². The minimum absolute atomic E-state index is 0.00665. The van der Waals surface area contributed by atoms with Crippen LogP contribution in [0.25, 0.3) is 0 Å². The molecule has 1 aliphatic rings. The number of hydrogen-bond donors (Lipinski definition) is 2. The Labute approximate surface area is 112 Å². The van der Waals surface area contributed by atoms with Crippen LogP contribution in [0.4, 0.5) is 4.39 Å². The number of carbonyl (C=O) groups is 1. The Balaban J connectivity index is 2.48. The molecule has 5 heteroatoms. The van der Waals surface area contributed by atoms with Gasteiger partial charge in [-0.1, -0.05) is 0 Å². The molecule has 1 unspecified atom stereocenters. The lowest BCUT2D eigenvalue weighted by atomic mass is 9.72. The summed E-state index contributed by atoms with van der Waals surface area (Å²) in [5.74, 6) is 0.316. The van der Waals surface area contributed by atoms with Crippen molar-refractivity contribution >= 4 is 5.91 Å². The quantitative estimate of drug-likeness (QED) is 0.861. The number of nitrogens with one attached hydrogen (secondary N) is 2. The fourth-order valence-corrected chi connectivity index (χ4v) is 2.81. The van der Waals surface area contributed by atoms with Crippen LogP contribution in [0.2, 0.25) is 0 Å². The smallest absolute Gasteiger partial charge is 0.220 e. The van der Waals surface area contributed by atoms with Crippen molar-refractivity contribution in [2.24, 2.45) is 0 Å². The monoisotopic (exact) mass is 266 g/mol. The standard InChI is InChI=1S/C14H19FN2O2/c1-16-9-14(5-6-17-13(18)8-14)11-7-10(15)3-4-12(11)19-2/h3-4,7,16H,5-6,8-9H2,1-2H3,(H,17,18). The second-order valence-electron chi connectivity index (χ2n) is 4.93. The summed E-state index contributed by atoms with van der Waals surface area (Å²) in [6.07, 6.45) is 1.10. The lowest BCUT2D eigenvalue weighted by Crippen LogP contribution is -2.48. The lowest BCUT2D eigenvalue weighted by molar-refractivity contribution is -0.124. The van der Waals surface area contributed by atoms with Gasteiger partial charge in [0.1, 0.15) is 11.6 Å². The third-order valence-corrected chi connectivity index (χ3v) is 3.67. The fourth-order valence-electron chi connectivity index (χ4n) is 2.81. The summed E-state index contributed by atoms with van der Waals surface area (Å²) in [6, 6.07) is 4.47. The summed E-state index contributed by atoms with van der Waals surface area (Å²) in [5.41, 5.74) is 0.351. The molecular weight excluding hydrogens is 247 g/mol. The van der Waals surface area contributed by atoms with Crippen molar-refractivity contribution in [3.05, 3.63) is 29.6 Å². The van der Waals surface area contributed by atoms with E-state index in [1.807, 2.05) is 7.05 Å². The summed E-state index contributed by atoms with van der Waals surface area (Å²) >= 11 is 0. The number of amides is 1. The first-order chi connectivity index (χ1) is 9.11. The molecule has 1 fully saturated rings. The molecule has 4 nitrogen and oxygen atoms in total. The SMILES string of the molecule is CNCC1(c2cc(F)ccc2OC)CCNC(=O)C1. The Morgan fingerprint density at radius 3 is 2.95 bits per heavy atom. The van der Waals surface area contributed by atoms with Gasteiger partial charge in [-0.25, -0.2) is 4.39 Å². The summed E-state index contributed by atoms with van der Waals surface area (Å²) in [7, 11) is 3.40. The van der Waals surface area contributed by atoms with Gasteiger partial charge in [-0.2, -0.15) is 0 Å². The number of ether oxygens (including phenoxy) is 1. The van der Waals surface area contributed by atoms with E-state index >= 15 is 0 Å². The maximum absolute atomic E-state index is 13.6. The highest BCUT2D eigenvalue weighted by atomic mass is 19.1. The molecule has 1 amide bonds. The predicted molar refractivity (Wildman–Crippen MR) is 70.8 cm³/mol. The maximum Gasteiger partial charge on any atom is 0.220 e. The molecule has 1 heterocycles. The van der Waals surface area contributed by atoms with Gasteiger partial charge in [-0.05, 0) is 31.7 Å². The van der Waals surface area contributed by atoms with Crippen molar-refractivity contribution in [3.63, 3.8) is 0 Å². The minimum Gasteiger partial charge on any atom is -0.496 e. The number of rotatable bonds is 4. The molecule has 0 aliphatic carbocycles. The van der Waals surface area contributed by atoms with Gasteiger partial charge < -0.3 is 15.4 Å². The minimum atomic E-state index is -0.412. The van der Waals surface area contributed by atoms with Gasteiger partial charge in [-0.3, -0.25) is 4.79 Å². The van der Waals surface area contributed by atoms with E-state index in [1.54, 1.807) is 13.2 Å². The highest BCUT2D eigenvalue weighted by Gasteiger charge is 2.39. The first kappa shape index (κ1) is 13.8. The van der Waals surface area contributed by atoms with E-state index < -0.39 is 5.41 Å². The van der Waals surface area contributed by atoms with E-state index in [-0.39, 0.29) is 11.7 Å². The average molecular weight is 266 g/mol. The first-order valence-corrected chi connectivity index (χ1v) is 6.36. The Morgan fingerprint density at radius 2 is 2.32 bits per heavy atom. The molecule has 2 rings (SSSR count). The number of carbonyl (C=O) groups excluding carboxylic acids is 1. The molecule has 1 saturated heterocycles. The molecule has 1 atom stereocenters. The van der Waals surface area contributed by atoms with Crippen molar-refractivity contribution in [1.29, 1.82) is 0 Å². The summed E-state index contributed by atoms with van der Waals surface area (Å²) in [5, 5.41) is 5.93. The van der Waals surface area contributed by atoms with E-state index in [0.29, 0.717) is 25.3 Å². The molecule has 1 aromatic rings. The van der Waals surface area contributed by atoms with Crippen LogP contribution >= 0.6 is 0 Å². The van der Waals surface area contributed by atoms with Gasteiger partial charge in [0, 0.05) is 30.5 Å². The van der Waals surface area contributed by atoms with E-state index in [2.05, 4.69) is 10.6 Å². The molecule has 19 heavy (non-hydrogen) atoms. The molecule has 0 spiro atoms. The summed E-state index contributed by atoms with van der Waals surface area (Å²) in [6.45, 7) is 1.21. The predicted octanol–water partition coefficient (Wildman–Crippen LogP) is 1.20. The van der Waals surface area contributed by atoms with Crippen molar-refractivity contribution in [2.45, 2.75) is 18.3 Å². The maximum atomic E-state index is 13.6. The molecule has 104 valence electrons. The van der Waals surface area contributed by atoms with Crippen molar-refractivity contribution in [1.82, 2.24) is 10.6 Å². The normalized spacial score (nSPS) is 23.0. The molecule has 0 aromatic heterocycles. The zero-order valence-electron chi connectivity index (χ0n) is 11.3. The van der Waals surface area contributed by atoms with Crippen LogP contribution in [0.1, 0.15) is 18.4 Å². The van der Waals surface area contributed by atoms with Gasteiger partial charge in [0.05, 0.1) is 7.11 Å². The van der Waals surface area contributed by atoms with Crippen molar-refractivity contribution < 1.29 is 13.9 Å². The Hall–Kier alpha value is -1.62. The molecule has 1 aliphatic heterocycles. The molecular formula is C14H19FN2O2. The Bertz CT molecular complexity index is 475. The van der Waals surface area contributed by atoms with Crippen LogP contribution in [-0.2, 0) is 10.2 Å². The number of hydrogen-bond acceptors (Lipinski definition) is 3. The third kappa shape index (κ3) is 2.71. The topological polar surface area (TPSA) is 50.4 Å². The van der Waals surface area contributed by atoms with Crippen LogP contribution in [-0.4, -0.2) is 33.2 Å².